The van der Waals surface area contributed by atoms with Crippen LogP contribution in [0.25, 0.3) is 16.8 Å². The molecule has 0 unspecified atom stereocenters. The monoisotopic (exact) mass is 486 g/mol. The first-order chi connectivity index (χ1) is 17.2. The fourth-order valence-corrected chi connectivity index (χ4v) is 3.59. The first-order valence-corrected chi connectivity index (χ1v) is 11.6. The van der Waals surface area contributed by atoms with Gasteiger partial charge in [-0.3, -0.25) is 9.59 Å². The molecule has 36 heavy (non-hydrogen) atoms. The van der Waals surface area contributed by atoms with E-state index in [1.807, 2.05) is 36.5 Å². The van der Waals surface area contributed by atoms with Crippen molar-refractivity contribution < 1.29 is 14.3 Å². The van der Waals surface area contributed by atoms with Crippen LogP contribution in [0.1, 0.15) is 41.5 Å². The van der Waals surface area contributed by atoms with E-state index in [-0.39, 0.29) is 17.2 Å². The van der Waals surface area contributed by atoms with E-state index in [1.54, 1.807) is 35.8 Å². The average Bonchev–Trinajstić information content (AvgIpc) is 3.28. The highest BCUT2D eigenvalue weighted by molar-refractivity contribution is 5.96. The van der Waals surface area contributed by atoms with Gasteiger partial charge in [0.05, 0.1) is 12.8 Å². The molecule has 2 aromatic heterocycles. The van der Waals surface area contributed by atoms with Gasteiger partial charge in [-0.15, -0.1) is 5.10 Å². The maximum absolute atomic E-state index is 12.6. The summed E-state index contributed by atoms with van der Waals surface area (Å²) in [6.07, 6.45) is 1.87. The largest absolute Gasteiger partial charge is 0.495 e. The van der Waals surface area contributed by atoms with Crippen LogP contribution in [0.2, 0.25) is 0 Å². The van der Waals surface area contributed by atoms with Crippen molar-refractivity contribution >= 4 is 29.1 Å². The van der Waals surface area contributed by atoms with E-state index < -0.39 is 0 Å². The topological polar surface area (TPSA) is 110 Å². The number of nitrogens with one attached hydrogen (secondary N) is 3. The molecule has 0 aliphatic rings. The minimum atomic E-state index is -0.200. The van der Waals surface area contributed by atoms with Gasteiger partial charge in [-0.25, -0.2) is 4.52 Å². The first-order valence-electron chi connectivity index (χ1n) is 11.6. The summed E-state index contributed by atoms with van der Waals surface area (Å²) < 4.78 is 7.11. The number of carbonyl (C=O) groups is 2. The van der Waals surface area contributed by atoms with Gasteiger partial charge in [-0.2, -0.15) is 4.98 Å². The second-order valence-electron chi connectivity index (χ2n) is 9.60. The molecule has 0 saturated heterocycles. The average molecular weight is 487 g/mol. The van der Waals surface area contributed by atoms with Gasteiger partial charge in [0.25, 0.3) is 11.8 Å². The maximum atomic E-state index is 12.6. The van der Waals surface area contributed by atoms with Crippen molar-refractivity contribution in [2.75, 3.05) is 26.0 Å². The molecule has 0 bridgehead atoms. The van der Waals surface area contributed by atoms with Crippen LogP contribution in [0.4, 0.5) is 11.6 Å². The van der Waals surface area contributed by atoms with E-state index >= 15 is 0 Å². The molecule has 0 spiro atoms. The first kappa shape index (κ1) is 24.7. The summed E-state index contributed by atoms with van der Waals surface area (Å²) in [6.45, 7) is 6.83. The summed E-state index contributed by atoms with van der Waals surface area (Å²) in [7, 11) is 3.11. The van der Waals surface area contributed by atoms with Crippen LogP contribution in [0, 0.1) is 5.41 Å². The molecule has 2 aromatic carbocycles. The van der Waals surface area contributed by atoms with Gasteiger partial charge >= 0.3 is 0 Å². The molecule has 0 aliphatic heterocycles. The number of rotatable bonds is 7. The lowest BCUT2D eigenvalue weighted by Crippen LogP contribution is -2.32. The summed E-state index contributed by atoms with van der Waals surface area (Å²) >= 11 is 0. The molecule has 0 saturated carbocycles. The zero-order valence-electron chi connectivity index (χ0n) is 21.0. The molecule has 0 atom stereocenters. The van der Waals surface area contributed by atoms with Crippen LogP contribution in [0.5, 0.6) is 5.75 Å². The van der Waals surface area contributed by atoms with E-state index in [0.29, 0.717) is 40.7 Å². The van der Waals surface area contributed by atoms with Crippen molar-refractivity contribution in [3.8, 4) is 16.9 Å². The maximum Gasteiger partial charge on any atom is 0.251 e. The summed E-state index contributed by atoms with van der Waals surface area (Å²) in [5.74, 6) is 0.580. The number of aromatic nitrogens is 3. The van der Waals surface area contributed by atoms with Gasteiger partial charge in [0.2, 0.25) is 5.95 Å². The molecule has 0 fully saturated rings. The van der Waals surface area contributed by atoms with Crippen LogP contribution >= 0.6 is 0 Å². The third-order valence-electron chi connectivity index (χ3n) is 5.51. The third-order valence-corrected chi connectivity index (χ3v) is 5.51. The molecule has 4 aromatic rings. The SMILES string of the molecule is CNC(=O)c1ccc(Nc2nc3ccc(-c4cccc(C(=O)NCC(C)(C)C)c4)cn3n2)c(OC)c1. The second kappa shape index (κ2) is 10.1. The highest BCUT2D eigenvalue weighted by Gasteiger charge is 2.15. The lowest BCUT2D eigenvalue weighted by atomic mass is 9.96. The fourth-order valence-electron chi connectivity index (χ4n) is 3.59. The number of benzene rings is 2. The molecule has 2 amide bonds. The summed E-state index contributed by atoms with van der Waals surface area (Å²) in [6, 6.07) is 16.4. The van der Waals surface area contributed by atoms with Crippen LogP contribution in [-0.4, -0.2) is 47.1 Å². The quantitative estimate of drug-likeness (QED) is 0.360. The van der Waals surface area contributed by atoms with Crippen LogP contribution in [0.3, 0.4) is 0 Å². The zero-order chi connectivity index (χ0) is 25.9. The molecule has 4 rings (SSSR count). The minimum absolute atomic E-state index is 0.00728. The second-order valence-corrected chi connectivity index (χ2v) is 9.60. The fraction of sp³-hybridized carbons (Fsp3) is 0.259. The highest BCUT2D eigenvalue weighted by Crippen LogP contribution is 2.28. The number of pyridine rings is 1. The zero-order valence-corrected chi connectivity index (χ0v) is 21.0. The number of anilines is 2. The van der Waals surface area contributed by atoms with E-state index in [9.17, 15) is 9.59 Å². The number of hydrogen-bond donors (Lipinski definition) is 3. The standard InChI is InChI=1S/C27H30N6O3/c1-27(2,3)16-29-25(35)18-8-6-7-17(13-18)20-10-12-23-31-26(32-33(23)15-20)30-21-11-9-19(24(34)28-4)14-22(21)36-5/h6-15H,16H2,1-5H3,(H,28,34)(H,29,35)(H,30,32). The van der Waals surface area contributed by atoms with Crippen molar-refractivity contribution in [1.29, 1.82) is 0 Å². The Morgan fingerprint density at radius 1 is 0.972 bits per heavy atom. The minimum Gasteiger partial charge on any atom is -0.495 e. The van der Waals surface area contributed by atoms with Crippen molar-refractivity contribution in [3.63, 3.8) is 0 Å². The van der Waals surface area contributed by atoms with Gasteiger partial charge < -0.3 is 20.7 Å². The molecule has 9 nitrogen and oxygen atoms in total. The Balaban J connectivity index is 1.56. The number of carbonyl (C=O) groups excluding carboxylic acids is 2. The predicted octanol–water partition coefficient (Wildman–Crippen LogP) is 4.28. The normalized spacial score (nSPS) is 11.2. The van der Waals surface area contributed by atoms with Crippen LogP contribution in [-0.2, 0) is 0 Å². The Morgan fingerprint density at radius 3 is 2.47 bits per heavy atom. The van der Waals surface area contributed by atoms with Gasteiger partial charge in [0.15, 0.2) is 5.65 Å². The molecule has 0 aliphatic carbocycles. The molecule has 2 heterocycles. The van der Waals surface area contributed by atoms with Gasteiger partial charge in [0, 0.05) is 36.5 Å². The lowest BCUT2D eigenvalue weighted by molar-refractivity contribution is 0.0937. The number of ether oxygens (including phenoxy) is 1. The predicted molar refractivity (Wildman–Crippen MR) is 140 cm³/mol. The lowest BCUT2D eigenvalue weighted by Gasteiger charge is -2.18. The number of methoxy groups -OCH3 is 1. The van der Waals surface area contributed by atoms with E-state index in [1.165, 1.54) is 7.11 Å². The van der Waals surface area contributed by atoms with Crippen molar-refractivity contribution in [2.24, 2.45) is 5.41 Å². The number of nitrogens with zero attached hydrogens (tertiary/aromatic N) is 3. The van der Waals surface area contributed by atoms with E-state index in [2.05, 4.69) is 46.8 Å². The summed E-state index contributed by atoms with van der Waals surface area (Å²) in [5.41, 5.74) is 4.19. The summed E-state index contributed by atoms with van der Waals surface area (Å²) in [4.78, 5) is 29.1. The Labute approximate surface area is 209 Å². The Kier molecular flexibility index (Phi) is 6.91. The van der Waals surface area contributed by atoms with E-state index in [4.69, 9.17) is 4.74 Å². The number of amides is 2. The van der Waals surface area contributed by atoms with Crippen molar-refractivity contribution in [3.05, 3.63) is 71.9 Å². The Morgan fingerprint density at radius 2 is 1.75 bits per heavy atom. The van der Waals surface area contributed by atoms with Crippen molar-refractivity contribution in [2.45, 2.75) is 20.8 Å². The highest BCUT2D eigenvalue weighted by atomic mass is 16.5. The number of hydrogen-bond acceptors (Lipinski definition) is 6. The molecule has 186 valence electrons. The molecule has 9 heteroatoms. The Hall–Kier alpha value is -4.40. The molecule has 0 radical (unpaired) electrons. The smallest absolute Gasteiger partial charge is 0.251 e. The third kappa shape index (κ3) is 5.63. The van der Waals surface area contributed by atoms with E-state index in [0.717, 1.165) is 11.1 Å². The molecular weight excluding hydrogens is 456 g/mol. The van der Waals surface area contributed by atoms with Gasteiger partial charge in [-0.05, 0) is 53.4 Å². The molecular formula is C27H30N6O3. The van der Waals surface area contributed by atoms with Crippen LogP contribution < -0.4 is 20.7 Å². The van der Waals surface area contributed by atoms with Crippen molar-refractivity contribution in [1.82, 2.24) is 25.2 Å². The summed E-state index contributed by atoms with van der Waals surface area (Å²) in [5, 5.41) is 13.3. The Bertz CT molecular complexity index is 1420. The number of fused-ring (bicyclic) bond motifs is 1. The van der Waals surface area contributed by atoms with Crippen LogP contribution in [0.15, 0.2) is 60.8 Å². The van der Waals surface area contributed by atoms with Gasteiger partial charge in [-0.1, -0.05) is 32.9 Å². The molecule has 3 N–H and O–H groups in total. The van der Waals surface area contributed by atoms with Gasteiger partial charge in [0.1, 0.15) is 5.75 Å².